The predicted octanol–water partition coefficient (Wildman–Crippen LogP) is -3.59. The third kappa shape index (κ3) is 4.94. The first-order valence-electron chi connectivity index (χ1n) is 4.06. The van der Waals surface area contributed by atoms with Crippen LogP contribution in [-0.2, 0) is 19.4 Å². The van der Waals surface area contributed by atoms with Crippen LogP contribution in [0.2, 0.25) is 0 Å². The van der Waals surface area contributed by atoms with Gasteiger partial charge < -0.3 is 25.8 Å². The number of aldehydes is 1. The highest BCUT2D eigenvalue weighted by Crippen LogP contribution is 2.10. The third-order valence-electron chi connectivity index (χ3n) is 1.69. The van der Waals surface area contributed by atoms with E-state index in [1.54, 1.807) is 0 Å². The van der Waals surface area contributed by atoms with Crippen molar-refractivity contribution in [2.24, 2.45) is 5.73 Å². The Labute approximate surface area is 91.4 Å². The van der Waals surface area contributed by atoms with Crippen LogP contribution in [0.15, 0.2) is 0 Å². The molecule has 0 heterocycles. The summed E-state index contributed by atoms with van der Waals surface area (Å²) in [7, 11) is -4.97. The summed E-state index contributed by atoms with van der Waals surface area (Å²) in [5.41, 5.74) is 5.06. The number of aliphatic hydroxyl groups excluding tert-OH is 3. The highest BCUT2D eigenvalue weighted by molar-refractivity contribution is 7.80. The van der Waals surface area contributed by atoms with Crippen molar-refractivity contribution in [3.8, 4) is 0 Å². The molecule has 0 aromatic heterocycles. The van der Waals surface area contributed by atoms with Crippen LogP contribution in [0.4, 0.5) is 0 Å². The van der Waals surface area contributed by atoms with Gasteiger partial charge in [0.15, 0.2) is 0 Å². The molecule has 0 unspecified atom stereocenters. The minimum absolute atomic E-state index is 0.0924. The summed E-state index contributed by atoms with van der Waals surface area (Å²) >= 11 is 0. The molecule has 0 rings (SSSR count). The van der Waals surface area contributed by atoms with Crippen molar-refractivity contribution in [3.05, 3.63) is 0 Å². The second-order valence-electron chi connectivity index (χ2n) is 2.94. The van der Waals surface area contributed by atoms with Crippen molar-refractivity contribution in [1.29, 1.82) is 0 Å². The van der Waals surface area contributed by atoms with Crippen LogP contribution in [0.25, 0.3) is 0 Å². The molecule has 0 aliphatic heterocycles. The standard InChI is InChI=1S/C6H13NO8S/c7-3(1-8)5(11)6(4(10)2-9)15-16(12,13)14/h1,3-6,9-11H,2,7H2,(H,12,13,14)/t3-,4+,5+,6-/m0/s1. The summed E-state index contributed by atoms with van der Waals surface area (Å²) in [6.07, 6.45) is -5.58. The van der Waals surface area contributed by atoms with E-state index < -0.39 is 41.4 Å². The monoisotopic (exact) mass is 259 g/mol. The van der Waals surface area contributed by atoms with Gasteiger partial charge >= 0.3 is 10.4 Å². The van der Waals surface area contributed by atoms with Crippen molar-refractivity contribution in [1.82, 2.24) is 0 Å². The number of hydrogen-bond donors (Lipinski definition) is 5. The van der Waals surface area contributed by atoms with Gasteiger partial charge in [0.25, 0.3) is 0 Å². The summed E-state index contributed by atoms with van der Waals surface area (Å²) in [5, 5.41) is 27.0. The molecule has 16 heavy (non-hydrogen) atoms. The van der Waals surface area contributed by atoms with E-state index in [0.717, 1.165) is 0 Å². The Morgan fingerprint density at radius 3 is 2.19 bits per heavy atom. The Hall–Kier alpha value is -0.620. The van der Waals surface area contributed by atoms with Gasteiger partial charge in [-0.05, 0) is 0 Å². The molecule has 0 fully saturated rings. The van der Waals surface area contributed by atoms with Crippen LogP contribution in [0.3, 0.4) is 0 Å². The van der Waals surface area contributed by atoms with Gasteiger partial charge in [-0.1, -0.05) is 0 Å². The van der Waals surface area contributed by atoms with Crippen LogP contribution in [-0.4, -0.2) is 65.5 Å². The maximum absolute atomic E-state index is 10.4. The van der Waals surface area contributed by atoms with Crippen molar-refractivity contribution < 1.29 is 37.3 Å². The lowest BCUT2D eigenvalue weighted by atomic mass is 10.0. The fourth-order valence-electron chi connectivity index (χ4n) is 0.892. The SMILES string of the molecule is N[C@@H](C=O)[C@@H](O)[C@@H](OS(=O)(=O)O)[C@H](O)CO. The van der Waals surface area contributed by atoms with Crippen LogP contribution in [0.1, 0.15) is 0 Å². The van der Waals surface area contributed by atoms with Gasteiger partial charge in [0, 0.05) is 0 Å². The molecule has 10 heteroatoms. The molecule has 0 aliphatic rings. The summed E-state index contributed by atoms with van der Waals surface area (Å²) in [6, 6.07) is -1.53. The Kier molecular flexibility index (Phi) is 5.96. The fraction of sp³-hybridized carbons (Fsp3) is 0.833. The zero-order valence-corrected chi connectivity index (χ0v) is 8.82. The van der Waals surface area contributed by atoms with E-state index in [1.807, 2.05) is 0 Å². The van der Waals surface area contributed by atoms with Crippen LogP contribution >= 0.6 is 0 Å². The van der Waals surface area contributed by atoms with E-state index in [4.69, 9.17) is 20.5 Å². The Balaban J connectivity index is 4.86. The molecule has 4 atom stereocenters. The Morgan fingerprint density at radius 2 is 1.88 bits per heavy atom. The summed E-state index contributed by atoms with van der Waals surface area (Å²) in [6.45, 7) is -0.956. The number of carbonyl (C=O) groups is 1. The van der Waals surface area contributed by atoms with E-state index >= 15 is 0 Å². The predicted molar refractivity (Wildman–Crippen MR) is 49.6 cm³/mol. The molecule has 0 saturated heterocycles. The molecule has 6 N–H and O–H groups in total. The van der Waals surface area contributed by atoms with Crippen molar-refractivity contribution >= 4 is 16.7 Å². The van der Waals surface area contributed by atoms with Gasteiger partial charge in [0.2, 0.25) is 0 Å². The first-order valence-corrected chi connectivity index (χ1v) is 5.43. The average molecular weight is 259 g/mol. The third-order valence-corrected chi connectivity index (χ3v) is 2.15. The molecule has 96 valence electrons. The molecule has 0 aliphatic carbocycles. The Morgan fingerprint density at radius 1 is 1.38 bits per heavy atom. The summed E-state index contributed by atoms with van der Waals surface area (Å²) in [5.74, 6) is 0. The fourth-order valence-corrected chi connectivity index (χ4v) is 1.42. The van der Waals surface area contributed by atoms with Gasteiger partial charge in [0.1, 0.15) is 24.6 Å². The second kappa shape index (κ2) is 6.20. The van der Waals surface area contributed by atoms with Crippen molar-refractivity contribution in [2.75, 3.05) is 6.61 Å². The minimum atomic E-state index is -4.97. The minimum Gasteiger partial charge on any atom is -0.394 e. The summed E-state index contributed by atoms with van der Waals surface area (Å²) in [4.78, 5) is 10.2. The molecule has 0 aromatic rings. The summed E-state index contributed by atoms with van der Waals surface area (Å²) < 4.78 is 33.0. The highest BCUT2D eigenvalue weighted by Gasteiger charge is 2.35. The highest BCUT2D eigenvalue weighted by atomic mass is 32.3. The van der Waals surface area contributed by atoms with Crippen molar-refractivity contribution in [2.45, 2.75) is 24.4 Å². The number of hydrogen-bond acceptors (Lipinski definition) is 8. The molecule has 0 bridgehead atoms. The van der Waals surface area contributed by atoms with E-state index in [2.05, 4.69) is 4.18 Å². The van der Waals surface area contributed by atoms with Gasteiger partial charge in [0.05, 0.1) is 12.6 Å². The zero-order valence-electron chi connectivity index (χ0n) is 8.00. The first kappa shape index (κ1) is 15.4. The van der Waals surface area contributed by atoms with Gasteiger partial charge in [-0.3, -0.25) is 4.55 Å². The average Bonchev–Trinajstić information content (AvgIpc) is 2.21. The molecule has 0 aromatic carbocycles. The van der Waals surface area contributed by atoms with Gasteiger partial charge in [-0.15, -0.1) is 0 Å². The maximum atomic E-state index is 10.4. The lowest BCUT2D eigenvalue weighted by Crippen LogP contribution is -2.51. The lowest BCUT2D eigenvalue weighted by Gasteiger charge is -2.26. The first-order chi connectivity index (χ1) is 7.22. The molecule has 0 saturated carbocycles. The molecule has 9 nitrogen and oxygen atoms in total. The zero-order chi connectivity index (χ0) is 12.9. The van der Waals surface area contributed by atoms with Gasteiger partial charge in [-0.25, -0.2) is 4.18 Å². The topological polar surface area (TPSA) is 167 Å². The van der Waals surface area contributed by atoms with E-state index in [-0.39, 0.29) is 6.29 Å². The molecule has 0 radical (unpaired) electrons. The number of aliphatic hydroxyl groups is 3. The molecular formula is C6H13NO8S. The van der Waals surface area contributed by atoms with E-state index in [1.165, 1.54) is 0 Å². The molecular weight excluding hydrogens is 246 g/mol. The number of rotatable bonds is 7. The van der Waals surface area contributed by atoms with Crippen LogP contribution in [0, 0.1) is 0 Å². The smallest absolute Gasteiger partial charge is 0.394 e. The molecule has 0 spiro atoms. The molecule has 0 amide bonds. The Bertz CT molecular complexity index is 316. The second-order valence-corrected chi connectivity index (χ2v) is 3.99. The van der Waals surface area contributed by atoms with Crippen LogP contribution in [0.5, 0.6) is 0 Å². The van der Waals surface area contributed by atoms with Crippen LogP contribution < -0.4 is 5.73 Å². The van der Waals surface area contributed by atoms with Crippen molar-refractivity contribution in [3.63, 3.8) is 0 Å². The van der Waals surface area contributed by atoms with E-state index in [9.17, 15) is 18.3 Å². The maximum Gasteiger partial charge on any atom is 0.397 e. The largest absolute Gasteiger partial charge is 0.397 e. The quantitative estimate of drug-likeness (QED) is 0.229. The number of nitrogens with two attached hydrogens (primary N) is 1. The number of carbonyl (C=O) groups excluding carboxylic acids is 1. The van der Waals surface area contributed by atoms with Gasteiger partial charge in [-0.2, -0.15) is 8.42 Å². The normalized spacial score (nSPS) is 19.8. The van der Waals surface area contributed by atoms with E-state index in [0.29, 0.717) is 0 Å². The lowest BCUT2D eigenvalue weighted by molar-refractivity contribution is -0.116.